The molecule has 0 bridgehead atoms. The van der Waals surface area contributed by atoms with Gasteiger partial charge in [0.2, 0.25) is 0 Å². The molecular weight excluding hydrogens is 1320 g/mol. The lowest BCUT2D eigenvalue weighted by Crippen LogP contribution is -2.52. The Balaban J connectivity index is 0.000000183. The van der Waals surface area contributed by atoms with Crippen molar-refractivity contribution in [3.05, 3.63) is 174 Å². The predicted molar refractivity (Wildman–Crippen MR) is 336 cm³/mol. The standard InChI is InChI=1S/3C12H13BrClNO.C12H14ClNO2.C12H14ClNO.CH4/c3*13-9-5-3-7-12(15,11(9)16)8-4-1-2-6-10(8)14;13-9-5-2-1-4-8(9)12(14)7-3-6-10(15)11(12)16;13-10-6-2-1-5-9(10)12(14)8-4-3-7-11(12)15;/h3*1-2,4,6,9H,3,5,7,15H2;1-2,4-5,10,15H,3,6-7,14H2;1-2,5-6H,3-4,7-8,14H2;1H4/t9-,12+;2*9-,12-;10-,12+;12-;/m10010./s1. The van der Waals surface area contributed by atoms with E-state index in [1.54, 1.807) is 48.5 Å². The van der Waals surface area contributed by atoms with E-state index in [1.165, 1.54) is 0 Å². The van der Waals surface area contributed by atoms with Gasteiger partial charge in [0.1, 0.15) is 33.8 Å². The number of carbonyl (C=O) groups excluding carboxylic acids is 5. The minimum atomic E-state index is -1.13. The van der Waals surface area contributed by atoms with Gasteiger partial charge in [-0.3, -0.25) is 24.0 Å². The number of benzene rings is 5. The average molecular weight is 1390 g/mol. The van der Waals surface area contributed by atoms with E-state index >= 15 is 0 Å². The van der Waals surface area contributed by atoms with Crippen LogP contribution in [0.1, 0.15) is 138 Å². The maximum Gasteiger partial charge on any atom is 0.185 e. The first-order valence-corrected chi connectivity index (χ1v) is 31.0. The topological polar surface area (TPSA) is 236 Å². The van der Waals surface area contributed by atoms with E-state index in [2.05, 4.69) is 47.8 Å². The molecule has 11 nitrogen and oxygen atoms in total. The Morgan fingerprint density at radius 1 is 0.362 bits per heavy atom. The van der Waals surface area contributed by atoms with Crippen LogP contribution in [-0.2, 0) is 51.7 Å². The molecular formula is C61H71Br3Cl5N5O6. The van der Waals surface area contributed by atoms with Crippen LogP contribution in [0.25, 0.3) is 0 Å². The van der Waals surface area contributed by atoms with Crippen LogP contribution >= 0.6 is 106 Å². The first-order valence-electron chi connectivity index (χ1n) is 26.4. The summed E-state index contributed by atoms with van der Waals surface area (Å²) in [7, 11) is 0. The highest BCUT2D eigenvalue weighted by molar-refractivity contribution is 9.10. The first-order chi connectivity index (χ1) is 37.4. The fraction of sp³-hybridized carbons (Fsp3) is 0.426. The Morgan fingerprint density at radius 3 is 0.875 bits per heavy atom. The fourth-order valence-corrected chi connectivity index (χ4v) is 14.6. The minimum Gasteiger partial charge on any atom is -0.385 e. The van der Waals surface area contributed by atoms with Crippen LogP contribution < -0.4 is 28.7 Å². The van der Waals surface area contributed by atoms with Gasteiger partial charge in [-0.05, 0) is 148 Å². The van der Waals surface area contributed by atoms with E-state index in [1.807, 2.05) is 72.8 Å². The van der Waals surface area contributed by atoms with Crippen LogP contribution in [0.2, 0.25) is 25.1 Å². The van der Waals surface area contributed by atoms with Gasteiger partial charge < -0.3 is 33.8 Å². The minimum absolute atomic E-state index is 0. The third kappa shape index (κ3) is 15.3. The molecule has 19 heteroatoms. The largest absolute Gasteiger partial charge is 0.385 e. The van der Waals surface area contributed by atoms with Gasteiger partial charge in [0.15, 0.2) is 28.9 Å². The molecule has 80 heavy (non-hydrogen) atoms. The number of rotatable bonds is 5. The molecule has 5 aliphatic carbocycles. The van der Waals surface area contributed by atoms with E-state index < -0.39 is 33.8 Å². The van der Waals surface area contributed by atoms with E-state index in [0.29, 0.717) is 75.6 Å². The number of alkyl halides is 3. The Morgan fingerprint density at radius 2 is 0.600 bits per heavy atom. The number of halogens is 8. The number of Topliss-reactive ketones (excluding diaryl/α,β-unsaturated/α-hetero) is 5. The van der Waals surface area contributed by atoms with Gasteiger partial charge in [0.05, 0.1) is 14.5 Å². The molecule has 0 spiro atoms. The highest BCUT2D eigenvalue weighted by Crippen LogP contribution is 2.42. The van der Waals surface area contributed by atoms with Gasteiger partial charge in [-0.2, -0.15) is 0 Å². The molecule has 0 heterocycles. The Labute approximate surface area is 520 Å². The second kappa shape index (κ2) is 29.8. The van der Waals surface area contributed by atoms with E-state index in [4.69, 9.17) is 86.7 Å². The van der Waals surface area contributed by atoms with Gasteiger partial charge >= 0.3 is 0 Å². The summed E-state index contributed by atoms with van der Waals surface area (Å²) >= 11 is 40.6. The highest BCUT2D eigenvalue weighted by Gasteiger charge is 2.47. The van der Waals surface area contributed by atoms with Crippen molar-refractivity contribution >= 4 is 135 Å². The van der Waals surface area contributed by atoms with Crippen molar-refractivity contribution in [2.75, 3.05) is 0 Å². The van der Waals surface area contributed by atoms with Gasteiger partial charge in [-0.25, -0.2) is 0 Å². The zero-order valence-corrected chi connectivity index (χ0v) is 52.1. The van der Waals surface area contributed by atoms with Crippen molar-refractivity contribution in [1.82, 2.24) is 0 Å². The molecule has 432 valence electrons. The predicted octanol–water partition coefficient (Wildman–Crippen LogP) is 13.9. The number of hydrogen-bond acceptors (Lipinski definition) is 11. The lowest BCUT2D eigenvalue weighted by atomic mass is 9.75. The lowest BCUT2D eigenvalue weighted by Gasteiger charge is -2.35. The van der Waals surface area contributed by atoms with Crippen LogP contribution in [0.5, 0.6) is 0 Å². The highest BCUT2D eigenvalue weighted by atomic mass is 79.9. The number of aliphatic hydroxyl groups excluding tert-OH is 1. The summed E-state index contributed by atoms with van der Waals surface area (Å²) in [5.41, 5.74) is 29.9. The van der Waals surface area contributed by atoms with Crippen molar-refractivity contribution in [3.63, 3.8) is 0 Å². The zero-order chi connectivity index (χ0) is 57.9. The van der Waals surface area contributed by atoms with Gasteiger partial charge in [-0.1, -0.05) is 211 Å². The summed E-state index contributed by atoms with van der Waals surface area (Å²) in [5.74, 6) is -0.112. The van der Waals surface area contributed by atoms with Crippen LogP contribution in [0.4, 0.5) is 0 Å². The molecule has 5 aliphatic rings. The van der Waals surface area contributed by atoms with Gasteiger partial charge in [0.25, 0.3) is 0 Å². The van der Waals surface area contributed by atoms with E-state index in [9.17, 15) is 29.1 Å². The maximum atomic E-state index is 12.2. The number of hydrogen-bond donors (Lipinski definition) is 6. The van der Waals surface area contributed by atoms with Crippen LogP contribution in [0.15, 0.2) is 121 Å². The molecule has 10 rings (SSSR count). The lowest BCUT2D eigenvalue weighted by molar-refractivity contribution is -0.136. The second-order valence-electron chi connectivity index (χ2n) is 20.8. The molecule has 0 unspecified atom stereocenters. The molecule has 5 saturated carbocycles. The summed E-state index contributed by atoms with van der Waals surface area (Å²) in [4.78, 5) is 59.9. The van der Waals surface area contributed by atoms with E-state index in [0.717, 1.165) is 80.0 Å². The second-order valence-corrected chi connectivity index (χ2v) is 26.2. The van der Waals surface area contributed by atoms with Gasteiger partial charge in [-0.15, -0.1) is 0 Å². The average Bonchev–Trinajstić information content (AvgIpc) is 3.42. The maximum absolute atomic E-state index is 12.2. The third-order valence-corrected chi connectivity index (χ3v) is 19.8. The van der Waals surface area contributed by atoms with Crippen molar-refractivity contribution in [3.8, 4) is 0 Å². The van der Waals surface area contributed by atoms with Crippen molar-refractivity contribution in [2.24, 2.45) is 28.7 Å². The molecule has 9 atom stereocenters. The monoisotopic (exact) mass is 1380 g/mol. The van der Waals surface area contributed by atoms with Gasteiger partial charge in [0, 0.05) is 31.5 Å². The number of ketones is 5. The van der Waals surface area contributed by atoms with Crippen molar-refractivity contribution < 1.29 is 29.1 Å². The van der Waals surface area contributed by atoms with Crippen LogP contribution in [-0.4, -0.2) is 54.6 Å². The summed E-state index contributed by atoms with van der Waals surface area (Å²) in [6, 6.07) is 36.4. The Hall–Kier alpha value is -2.90. The molecule has 0 saturated heterocycles. The molecule has 5 aromatic rings. The first kappa shape index (κ1) is 67.9. The summed E-state index contributed by atoms with van der Waals surface area (Å²) in [6.45, 7) is 0. The summed E-state index contributed by atoms with van der Waals surface area (Å²) < 4.78 is 0. The fourth-order valence-electron chi connectivity index (χ4n) is 10.9. The number of nitrogens with two attached hydrogens (primary N) is 5. The molecule has 0 amide bonds. The molecule has 5 aromatic carbocycles. The van der Waals surface area contributed by atoms with Crippen molar-refractivity contribution in [1.29, 1.82) is 0 Å². The molecule has 0 aromatic heterocycles. The normalized spacial score (nSPS) is 29.4. The smallest absolute Gasteiger partial charge is 0.185 e. The SMILES string of the molecule is C.N[C@]1(c2ccccc2Cl)CCCCC1=O.N[C@]1(c2ccccc2Cl)CCC[C@@H](Br)C1=O.N[C@]1(c2ccccc2Cl)CCC[C@@H](O)C1=O.N[C@]1(c2ccccc2Cl)CCC[C@H](Br)C1=O.N[C@]1(c2ccccc2Cl)CCC[C@H](Br)C1=O. The van der Waals surface area contributed by atoms with Crippen LogP contribution in [0.3, 0.4) is 0 Å². The molecule has 0 radical (unpaired) electrons. The van der Waals surface area contributed by atoms with Crippen molar-refractivity contribution in [2.45, 2.75) is 158 Å². The summed E-state index contributed by atoms with van der Waals surface area (Å²) in [5, 5.41) is 12.4. The Bertz CT molecular complexity index is 2680. The third-order valence-electron chi connectivity index (χ3n) is 15.5. The van der Waals surface area contributed by atoms with Crippen LogP contribution in [0, 0.1) is 0 Å². The molecule has 5 fully saturated rings. The summed E-state index contributed by atoms with van der Waals surface area (Å²) in [6.07, 6.45) is 11.3. The van der Waals surface area contributed by atoms with E-state index in [-0.39, 0.29) is 50.8 Å². The molecule has 11 N–H and O–H groups in total. The number of aliphatic hydroxyl groups is 1. The Kier molecular flexibility index (Phi) is 25.3. The number of carbonyl (C=O) groups is 5. The zero-order valence-electron chi connectivity index (χ0n) is 43.6. The quantitative estimate of drug-likeness (QED) is 0.0905. The molecule has 0 aliphatic heterocycles.